The first-order chi connectivity index (χ1) is 12.1. The molecule has 0 saturated carbocycles. The van der Waals surface area contributed by atoms with Crippen LogP contribution in [0.2, 0.25) is 18.1 Å². The summed E-state index contributed by atoms with van der Waals surface area (Å²) in [5, 5.41) is 0.101. The summed E-state index contributed by atoms with van der Waals surface area (Å²) in [6, 6.07) is 11.1. The zero-order chi connectivity index (χ0) is 19.4. The molecule has 0 aliphatic rings. The minimum Gasteiger partial charge on any atom is -0.414 e. The van der Waals surface area contributed by atoms with Crippen LogP contribution in [0.4, 0.5) is 0 Å². The molecular formula is C19H28N2O4Si. The lowest BCUT2D eigenvalue weighted by Gasteiger charge is -2.37. The van der Waals surface area contributed by atoms with Gasteiger partial charge in [0.2, 0.25) is 0 Å². The van der Waals surface area contributed by atoms with Gasteiger partial charge in [0.05, 0.1) is 6.61 Å². The molecule has 0 bridgehead atoms. The quantitative estimate of drug-likeness (QED) is 0.753. The molecule has 0 aliphatic carbocycles. The molecule has 1 N–H and O–H groups in total. The predicted molar refractivity (Wildman–Crippen MR) is 105 cm³/mol. The molecule has 7 heteroatoms. The van der Waals surface area contributed by atoms with Crippen molar-refractivity contribution >= 4 is 8.32 Å². The van der Waals surface area contributed by atoms with E-state index in [2.05, 4.69) is 38.8 Å². The van der Waals surface area contributed by atoms with E-state index >= 15 is 0 Å². The van der Waals surface area contributed by atoms with Gasteiger partial charge >= 0.3 is 5.69 Å². The summed E-state index contributed by atoms with van der Waals surface area (Å²) in [5.74, 6) is 0. The standard InChI is InChI=1S/C19H28N2O4Si/c1-19(2,3)26(4,5)25-13-16(15-9-7-6-8-10-15)24-14-21-12-11-17(22)20-18(21)23/h6-12,16H,13-14H2,1-5H3,(H,20,22,23). The van der Waals surface area contributed by atoms with Gasteiger partial charge in [0.1, 0.15) is 12.8 Å². The molecule has 2 rings (SSSR count). The van der Waals surface area contributed by atoms with E-state index in [1.54, 1.807) is 0 Å². The number of nitrogens with zero attached hydrogens (tertiary/aromatic N) is 1. The number of benzene rings is 1. The van der Waals surface area contributed by atoms with Crippen molar-refractivity contribution in [3.8, 4) is 0 Å². The van der Waals surface area contributed by atoms with Crippen LogP contribution in [-0.2, 0) is 15.9 Å². The minimum atomic E-state index is -1.92. The van der Waals surface area contributed by atoms with Gasteiger partial charge in [0.15, 0.2) is 8.32 Å². The second kappa shape index (κ2) is 8.16. The van der Waals surface area contributed by atoms with Crippen molar-refractivity contribution in [2.45, 2.75) is 51.7 Å². The summed E-state index contributed by atoms with van der Waals surface area (Å²) in [6.45, 7) is 11.4. The lowest BCUT2D eigenvalue weighted by Crippen LogP contribution is -2.42. The monoisotopic (exact) mass is 376 g/mol. The molecule has 0 fully saturated rings. The Morgan fingerprint density at radius 3 is 2.35 bits per heavy atom. The van der Waals surface area contributed by atoms with Crippen molar-refractivity contribution in [3.63, 3.8) is 0 Å². The van der Waals surface area contributed by atoms with E-state index in [9.17, 15) is 9.59 Å². The molecule has 2 aromatic rings. The smallest absolute Gasteiger partial charge is 0.330 e. The second-order valence-corrected chi connectivity index (χ2v) is 12.7. The van der Waals surface area contributed by atoms with Gasteiger partial charge in [-0.05, 0) is 23.7 Å². The first kappa shape index (κ1) is 20.4. The summed E-state index contributed by atoms with van der Waals surface area (Å²) < 4.78 is 13.6. The molecule has 142 valence electrons. The lowest BCUT2D eigenvalue weighted by atomic mass is 10.1. The van der Waals surface area contributed by atoms with Gasteiger partial charge in [-0.25, -0.2) is 4.79 Å². The number of rotatable bonds is 7. The van der Waals surface area contributed by atoms with Gasteiger partial charge in [-0.15, -0.1) is 0 Å². The number of nitrogens with one attached hydrogen (secondary N) is 1. The van der Waals surface area contributed by atoms with Crippen LogP contribution in [0.25, 0.3) is 0 Å². The van der Waals surface area contributed by atoms with Gasteiger partial charge in [-0.1, -0.05) is 51.1 Å². The van der Waals surface area contributed by atoms with Crippen molar-refractivity contribution in [3.05, 3.63) is 69.0 Å². The fourth-order valence-corrected chi connectivity index (χ4v) is 3.13. The van der Waals surface area contributed by atoms with Gasteiger partial charge in [-0.2, -0.15) is 0 Å². The molecule has 6 nitrogen and oxygen atoms in total. The molecule has 0 radical (unpaired) electrons. The zero-order valence-corrected chi connectivity index (χ0v) is 17.1. The van der Waals surface area contributed by atoms with Crippen molar-refractivity contribution in [2.24, 2.45) is 0 Å². The molecule has 1 unspecified atom stereocenters. The van der Waals surface area contributed by atoms with Crippen LogP contribution in [0.1, 0.15) is 32.4 Å². The number of hydrogen-bond donors (Lipinski definition) is 1. The third-order valence-electron chi connectivity index (χ3n) is 4.88. The third kappa shape index (κ3) is 5.27. The van der Waals surface area contributed by atoms with Gasteiger partial charge in [0.25, 0.3) is 5.56 Å². The molecule has 1 heterocycles. The number of ether oxygens (including phenoxy) is 1. The van der Waals surface area contributed by atoms with E-state index in [1.807, 2.05) is 30.3 Å². The molecule has 1 atom stereocenters. The van der Waals surface area contributed by atoms with Crippen molar-refractivity contribution < 1.29 is 9.16 Å². The van der Waals surface area contributed by atoms with Crippen LogP contribution in [0.5, 0.6) is 0 Å². The Morgan fingerprint density at radius 1 is 1.12 bits per heavy atom. The van der Waals surface area contributed by atoms with E-state index < -0.39 is 19.6 Å². The Kier molecular flexibility index (Phi) is 6.38. The highest BCUT2D eigenvalue weighted by atomic mass is 28.4. The fourth-order valence-electron chi connectivity index (χ4n) is 2.12. The summed E-state index contributed by atoms with van der Waals surface area (Å²) in [4.78, 5) is 25.3. The normalized spacial score (nSPS) is 13.6. The fraction of sp³-hybridized carbons (Fsp3) is 0.474. The molecule has 0 amide bonds. The van der Waals surface area contributed by atoms with Crippen molar-refractivity contribution in [1.29, 1.82) is 0 Å². The van der Waals surface area contributed by atoms with E-state index in [1.165, 1.54) is 16.8 Å². The maximum atomic E-state index is 11.8. The van der Waals surface area contributed by atoms with Gasteiger partial charge in [-0.3, -0.25) is 14.3 Å². The van der Waals surface area contributed by atoms with Crippen molar-refractivity contribution in [1.82, 2.24) is 9.55 Å². The summed E-state index contributed by atoms with van der Waals surface area (Å²) in [6.07, 6.45) is 1.13. The molecule has 0 spiro atoms. The molecule has 1 aromatic heterocycles. The van der Waals surface area contributed by atoms with Crippen LogP contribution in [0.15, 0.2) is 52.2 Å². The summed E-state index contributed by atoms with van der Waals surface area (Å²) in [5.41, 5.74) is 0.0745. The molecular weight excluding hydrogens is 348 g/mol. The minimum absolute atomic E-state index is 0.0377. The van der Waals surface area contributed by atoms with E-state index in [-0.39, 0.29) is 17.9 Å². The highest BCUT2D eigenvalue weighted by molar-refractivity contribution is 6.74. The third-order valence-corrected chi connectivity index (χ3v) is 9.39. The molecule has 0 saturated heterocycles. The molecule has 26 heavy (non-hydrogen) atoms. The number of hydrogen-bond acceptors (Lipinski definition) is 4. The Morgan fingerprint density at radius 2 is 1.77 bits per heavy atom. The predicted octanol–water partition coefficient (Wildman–Crippen LogP) is 3.27. The average molecular weight is 377 g/mol. The van der Waals surface area contributed by atoms with Crippen LogP contribution in [0.3, 0.4) is 0 Å². The Hall–Kier alpha value is -1.96. The Bertz CT molecular complexity index is 822. The maximum absolute atomic E-state index is 11.8. The average Bonchev–Trinajstić information content (AvgIpc) is 2.56. The first-order valence-corrected chi connectivity index (χ1v) is 11.6. The number of H-pyrrole nitrogens is 1. The van der Waals surface area contributed by atoms with E-state index in [4.69, 9.17) is 9.16 Å². The Labute approximate surface area is 154 Å². The van der Waals surface area contributed by atoms with Crippen molar-refractivity contribution in [2.75, 3.05) is 6.61 Å². The number of aromatic nitrogens is 2. The van der Waals surface area contributed by atoms with Crippen LogP contribution < -0.4 is 11.2 Å². The largest absolute Gasteiger partial charge is 0.414 e. The Balaban J connectivity index is 2.14. The first-order valence-electron chi connectivity index (χ1n) is 8.70. The summed E-state index contributed by atoms with van der Waals surface area (Å²) >= 11 is 0. The number of aromatic amines is 1. The lowest BCUT2D eigenvalue weighted by molar-refractivity contribution is -0.0242. The van der Waals surface area contributed by atoms with Crippen LogP contribution >= 0.6 is 0 Å². The second-order valence-electron chi connectivity index (χ2n) is 7.85. The van der Waals surface area contributed by atoms with E-state index in [0.717, 1.165) is 5.56 Å². The SMILES string of the molecule is CC(C)(C)[Si](C)(C)OCC(OCn1ccc(=O)[nH]c1=O)c1ccccc1. The van der Waals surface area contributed by atoms with Gasteiger partial charge < -0.3 is 9.16 Å². The van der Waals surface area contributed by atoms with Crippen LogP contribution in [0, 0.1) is 0 Å². The highest BCUT2D eigenvalue weighted by Crippen LogP contribution is 2.37. The highest BCUT2D eigenvalue weighted by Gasteiger charge is 2.37. The van der Waals surface area contributed by atoms with E-state index in [0.29, 0.717) is 6.61 Å². The summed E-state index contributed by atoms with van der Waals surface area (Å²) in [7, 11) is -1.92. The zero-order valence-electron chi connectivity index (χ0n) is 16.1. The van der Waals surface area contributed by atoms with Gasteiger partial charge in [0, 0.05) is 12.3 Å². The topological polar surface area (TPSA) is 73.3 Å². The molecule has 1 aromatic carbocycles. The maximum Gasteiger partial charge on any atom is 0.330 e. The molecule has 0 aliphatic heterocycles. The van der Waals surface area contributed by atoms with Crippen LogP contribution in [-0.4, -0.2) is 24.5 Å².